The van der Waals surface area contributed by atoms with Gasteiger partial charge in [0, 0.05) is 175 Å². The lowest BCUT2D eigenvalue weighted by Gasteiger charge is -2.17. The number of pyridine rings is 12. The molecule has 12 heterocycles. The molecule has 27 aromatic rings. The molecule has 0 aliphatic rings. The Kier molecular flexibility index (Phi) is 22.8. The Morgan fingerprint density at radius 3 is 0.729 bits per heavy atom. The molecule has 0 aliphatic heterocycles. The Bertz CT molecular complexity index is 9380. The summed E-state index contributed by atoms with van der Waals surface area (Å²) in [6.07, 6.45) is 28.0. The van der Waals surface area contributed by atoms with Crippen molar-refractivity contribution in [2.75, 3.05) is 0 Å². The smallest absolute Gasteiger partial charge is 0.0978 e. The lowest BCUT2D eigenvalue weighted by atomic mass is 9.89. The van der Waals surface area contributed by atoms with Crippen molar-refractivity contribution in [2.45, 2.75) is 0 Å². The summed E-state index contributed by atoms with van der Waals surface area (Å²) in [7, 11) is 0. The molecule has 12 heteroatoms. The molecule has 0 amide bonds. The molecule has 0 unspecified atom stereocenters. The predicted molar refractivity (Wildman–Crippen MR) is 592 cm³/mol. The summed E-state index contributed by atoms with van der Waals surface area (Å²) in [5.74, 6) is 0. The summed E-state index contributed by atoms with van der Waals surface area (Å²) < 4.78 is 0. The van der Waals surface area contributed by atoms with Gasteiger partial charge in [-0.1, -0.05) is 291 Å². The first-order chi connectivity index (χ1) is 71.4. The van der Waals surface area contributed by atoms with E-state index in [-0.39, 0.29) is 0 Å². The van der Waals surface area contributed by atoms with Crippen molar-refractivity contribution in [3.05, 3.63) is 512 Å². The molecule has 672 valence electrons. The van der Waals surface area contributed by atoms with Crippen LogP contribution in [0.1, 0.15) is 0 Å². The largest absolute Gasteiger partial charge is 0.264 e. The molecular weight excluding hydrogens is 1750 g/mol. The topological polar surface area (TPSA) is 155 Å². The van der Waals surface area contributed by atoms with Crippen LogP contribution in [-0.2, 0) is 0 Å². The minimum atomic E-state index is 0.889. The van der Waals surface area contributed by atoms with Crippen molar-refractivity contribution >= 4 is 97.7 Å². The van der Waals surface area contributed by atoms with Gasteiger partial charge < -0.3 is 0 Å². The lowest BCUT2D eigenvalue weighted by molar-refractivity contribution is 1.32. The molecule has 0 saturated heterocycles. The van der Waals surface area contributed by atoms with Crippen molar-refractivity contribution < 1.29 is 0 Å². The number of hydrogen-bond acceptors (Lipinski definition) is 12. The summed E-state index contributed by atoms with van der Waals surface area (Å²) in [4.78, 5) is 56.8. The van der Waals surface area contributed by atoms with Crippen LogP contribution in [0.4, 0.5) is 0 Å². The van der Waals surface area contributed by atoms with Gasteiger partial charge >= 0.3 is 0 Å². The third kappa shape index (κ3) is 16.7. The average molecular weight is 1840 g/mol. The van der Waals surface area contributed by atoms with Gasteiger partial charge in [0.2, 0.25) is 0 Å². The third-order valence-corrected chi connectivity index (χ3v) is 27.2. The SMILES string of the molecule is c1ccc(-c2cc(-c3ccc(-c4cc(-c5cccnc5)cc(-c5cccnc5)c4)c4ccccc34)nc3c2ccc2cccnc23)cc1.c1ccc(-c2ccnc3c2ccc2c(-c4ccccc4)cc(-c4ccc(-c5cc(-c6cccnc6)cc(-c6cccnc6)c5)c5ccccc45)nc23)cc1.c1cncc(-c2cc(-c3cccnc3)cc(-c3ccc(-c4ccc5ccc6cccnc6c5n4)c4ccccc34)c2)c1. The maximum Gasteiger partial charge on any atom is 0.0978 e. The highest BCUT2D eigenvalue weighted by molar-refractivity contribution is 6.16. The fraction of sp³-hybridized carbons (Fsp3) is 0. The third-order valence-electron chi connectivity index (χ3n) is 27.2. The Hall–Kier alpha value is -19.6. The molecule has 0 saturated carbocycles. The standard InChI is InChI=1S/C50H32N4.C44H28N4.C38H24N4/c1-3-11-33(12-4-1)41-23-26-53-49-45(41)21-22-46-47(34-13-5-2-6-14-34)30-48(54-50(46)49)44-20-19-40(42-17-7-8-18-43(42)44)39-28-37(35-15-9-24-51-31-35)27-38(29-39)36-16-10-25-52-32-36;1-2-9-29(10-3-1)41-26-42(48-44-40(41)17-16-30-11-8-22-47-43(30)44)39-19-18-36(37-14-4-5-15-38(37)39)35-24-33(31-12-6-20-45-27-31)23-34(25-35)32-13-7-21-46-28-32;1-2-10-34-33(9-1)32(14-15-35(34)36-16-13-26-12-11-25-6-5-19-41-37(25)38(26)42-36)31-21-29(27-7-3-17-39-23-27)20-30(22-31)28-8-4-18-40-24-28/h1-32H;1-28H;1-24H. The summed E-state index contributed by atoms with van der Waals surface area (Å²) >= 11 is 0. The zero-order chi connectivity index (χ0) is 95.6. The highest BCUT2D eigenvalue weighted by Crippen LogP contribution is 2.48. The van der Waals surface area contributed by atoms with Crippen molar-refractivity contribution in [1.29, 1.82) is 0 Å². The van der Waals surface area contributed by atoms with Gasteiger partial charge in [0.25, 0.3) is 0 Å². The molecule has 12 nitrogen and oxygen atoms in total. The molecule has 15 aromatic carbocycles. The molecule has 0 spiro atoms. The number of fused-ring (bicyclic) bond motifs is 12. The molecule has 0 atom stereocenters. The summed E-state index contributed by atoms with van der Waals surface area (Å²) in [5, 5.41) is 13.4. The van der Waals surface area contributed by atoms with Gasteiger partial charge in [-0.05, 0) is 260 Å². The molecule has 0 N–H and O–H groups in total. The van der Waals surface area contributed by atoms with E-state index in [1.165, 1.54) is 5.39 Å². The molecule has 12 aromatic heterocycles. The van der Waals surface area contributed by atoms with Crippen LogP contribution in [-0.4, -0.2) is 59.8 Å². The number of benzene rings is 15. The number of aromatic nitrogens is 12. The highest BCUT2D eigenvalue weighted by Gasteiger charge is 2.24. The predicted octanol–water partition coefficient (Wildman–Crippen LogP) is 33.2. The molecular formula is C132H84N12. The van der Waals surface area contributed by atoms with Gasteiger partial charge in [0.1, 0.15) is 0 Å². The minimum absolute atomic E-state index is 0.889. The summed E-state index contributed by atoms with van der Waals surface area (Å²) in [6, 6.07) is 148. The summed E-state index contributed by atoms with van der Waals surface area (Å²) in [5.41, 5.74) is 38.2. The Balaban J connectivity index is 0.000000114. The maximum absolute atomic E-state index is 5.48. The highest BCUT2D eigenvalue weighted by atomic mass is 14.8. The van der Waals surface area contributed by atoms with Crippen molar-refractivity contribution in [3.63, 3.8) is 0 Å². The van der Waals surface area contributed by atoms with Crippen molar-refractivity contribution in [1.82, 2.24) is 59.8 Å². The minimum Gasteiger partial charge on any atom is -0.264 e. The fourth-order valence-corrected chi connectivity index (χ4v) is 20.3. The van der Waals surface area contributed by atoms with E-state index >= 15 is 0 Å². The van der Waals surface area contributed by atoms with Crippen LogP contribution in [0.15, 0.2) is 512 Å². The first kappa shape index (κ1) is 86.1. The number of rotatable bonds is 15. The zero-order valence-electron chi connectivity index (χ0n) is 77.9. The van der Waals surface area contributed by atoms with Gasteiger partial charge in [0.05, 0.1) is 50.2 Å². The van der Waals surface area contributed by atoms with Crippen LogP contribution in [0.5, 0.6) is 0 Å². The monoisotopic (exact) mass is 1840 g/mol. The lowest BCUT2D eigenvalue weighted by Crippen LogP contribution is -1.95. The van der Waals surface area contributed by atoms with Crippen LogP contribution in [0.25, 0.3) is 265 Å². The molecule has 27 rings (SSSR count). The van der Waals surface area contributed by atoms with Gasteiger partial charge in [-0.3, -0.25) is 44.9 Å². The van der Waals surface area contributed by atoms with E-state index in [4.69, 9.17) is 24.9 Å². The first-order valence-electron chi connectivity index (χ1n) is 48.1. The van der Waals surface area contributed by atoms with Gasteiger partial charge in [-0.25, -0.2) is 15.0 Å². The second-order valence-corrected chi connectivity index (χ2v) is 35.8. The number of hydrogen-bond donors (Lipinski definition) is 0. The number of nitrogens with zero attached hydrogens (tertiary/aromatic N) is 12. The Morgan fingerprint density at radius 1 is 0.118 bits per heavy atom. The van der Waals surface area contributed by atoms with E-state index < -0.39 is 0 Å². The first-order valence-corrected chi connectivity index (χ1v) is 48.1. The average Bonchev–Trinajstić information content (AvgIpc) is 0.809. The van der Waals surface area contributed by atoms with E-state index in [1.807, 2.05) is 129 Å². The zero-order valence-corrected chi connectivity index (χ0v) is 77.9. The maximum atomic E-state index is 5.48. The quantitative estimate of drug-likeness (QED) is 0.0897. The second kappa shape index (κ2) is 38.1. The molecule has 0 bridgehead atoms. The molecule has 0 aliphatic carbocycles. The Labute approximate surface area is 830 Å². The van der Waals surface area contributed by atoms with Crippen LogP contribution in [0.2, 0.25) is 0 Å². The molecule has 0 radical (unpaired) electrons. The van der Waals surface area contributed by atoms with E-state index in [0.717, 1.165) is 260 Å². The molecule has 0 fully saturated rings. The molecule has 144 heavy (non-hydrogen) atoms. The van der Waals surface area contributed by atoms with Crippen LogP contribution in [0, 0.1) is 0 Å². The van der Waals surface area contributed by atoms with Crippen LogP contribution >= 0.6 is 0 Å². The van der Waals surface area contributed by atoms with Crippen LogP contribution in [0.3, 0.4) is 0 Å². The van der Waals surface area contributed by atoms with E-state index in [1.54, 1.807) is 12.4 Å². The summed E-state index contributed by atoms with van der Waals surface area (Å²) in [6.45, 7) is 0. The van der Waals surface area contributed by atoms with E-state index in [0.29, 0.717) is 0 Å². The van der Waals surface area contributed by atoms with E-state index in [9.17, 15) is 0 Å². The Morgan fingerprint density at radius 2 is 0.368 bits per heavy atom. The van der Waals surface area contributed by atoms with Gasteiger partial charge in [0.15, 0.2) is 0 Å². The van der Waals surface area contributed by atoms with Crippen molar-refractivity contribution in [2.24, 2.45) is 0 Å². The van der Waals surface area contributed by atoms with Crippen molar-refractivity contribution in [3.8, 4) is 167 Å². The van der Waals surface area contributed by atoms with Gasteiger partial charge in [-0.15, -0.1) is 0 Å². The van der Waals surface area contributed by atoms with E-state index in [2.05, 4.69) is 405 Å². The second-order valence-electron chi connectivity index (χ2n) is 35.8. The van der Waals surface area contributed by atoms with Gasteiger partial charge in [-0.2, -0.15) is 0 Å². The normalized spacial score (nSPS) is 11.3. The van der Waals surface area contributed by atoms with Crippen LogP contribution < -0.4 is 0 Å². The fourth-order valence-electron chi connectivity index (χ4n) is 20.3.